The second-order valence-electron chi connectivity index (χ2n) is 5.99. The van der Waals surface area contributed by atoms with Crippen LogP contribution in [0, 0.1) is 0 Å². The molecule has 5 nitrogen and oxygen atoms in total. The van der Waals surface area contributed by atoms with Gasteiger partial charge in [-0.1, -0.05) is 50.6 Å². The number of nitrogens with one attached hydrogen (secondary N) is 1. The zero-order valence-corrected chi connectivity index (χ0v) is 15.2. The molecule has 1 atom stereocenters. The second-order valence-corrected chi connectivity index (χ2v) is 5.99. The van der Waals surface area contributed by atoms with Gasteiger partial charge in [-0.05, 0) is 42.7 Å². The first-order valence-electron chi connectivity index (χ1n) is 8.96. The fourth-order valence-electron chi connectivity index (χ4n) is 2.54. The predicted molar refractivity (Wildman–Crippen MR) is 99.7 cm³/mol. The van der Waals surface area contributed by atoms with E-state index in [4.69, 9.17) is 9.57 Å². The minimum atomic E-state index is -0.423. The summed E-state index contributed by atoms with van der Waals surface area (Å²) in [6.07, 6.45) is 2.51. The number of carbonyl (C=O) groups excluding carboxylic acids is 2. The number of hydrogen-bond acceptors (Lipinski definition) is 4. The van der Waals surface area contributed by atoms with Gasteiger partial charge in [-0.2, -0.15) is 5.48 Å². The maximum absolute atomic E-state index is 12.4. The van der Waals surface area contributed by atoms with E-state index in [9.17, 15) is 9.59 Å². The zero-order chi connectivity index (χ0) is 18.8. The van der Waals surface area contributed by atoms with Gasteiger partial charge in [0.2, 0.25) is 0 Å². The smallest absolute Gasteiger partial charge is 0.332 e. The van der Waals surface area contributed by atoms with Crippen LogP contribution in [0.1, 0.15) is 51.0 Å². The minimum Gasteiger partial charge on any atom is -0.457 e. The molecule has 0 aliphatic heterocycles. The third kappa shape index (κ3) is 5.92. The Morgan fingerprint density at radius 3 is 2.42 bits per heavy atom. The Morgan fingerprint density at radius 1 is 1.00 bits per heavy atom. The SMILES string of the molecule is CCCCC(=O)ONC(=O)C(CC)c1cccc(Oc2ccccc2)c1. The number of para-hydroxylation sites is 1. The van der Waals surface area contributed by atoms with E-state index in [-0.39, 0.29) is 5.91 Å². The number of hydrogen-bond donors (Lipinski definition) is 1. The lowest BCUT2D eigenvalue weighted by Crippen LogP contribution is -2.31. The Bertz CT molecular complexity index is 715. The van der Waals surface area contributed by atoms with Crippen LogP contribution >= 0.6 is 0 Å². The minimum absolute atomic E-state index is 0.300. The van der Waals surface area contributed by atoms with Crippen LogP contribution in [-0.2, 0) is 14.4 Å². The van der Waals surface area contributed by atoms with E-state index in [1.807, 2.05) is 68.4 Å². The van der Waals surface area contributed by atoms with E-state index in [2.05, 4.69) is 5.48 Å². The Kier molecular flexibility index (Phi) is 7.68. The molecule has 0 saturated heterocycles. The maximum atomic E-state index is 12.4. The van der Waals surface area contributed by atoms with Gasteiger partial charge in [-0.25, -0.2) is 4.79 Å². The third-order valence-electron chi connectivity index (χ3n) is 3.96. The lowest BCUT2D eigenvalue weighted by Gasteiger charge is -2.16. The summed E-state index contributed by atoms with van der Waals surface area (Å²) >= 11 is 0. The van der Waals surface area contributed by atoms with E-state index in [1.54, 1.807) is 0 Å². The van der Waals surface area contributed by atoms with Gasteiger partial charge in [0.1, 0.15) is 11.5 Å². The van der Waals surface area contributed by atoms with Gasteiger partial charge in [0.25, 0.3) is 5.91 Å². The van der Waals surface area contributed by atoms with Gasteiger partial charge in [-0.15, -0.1) is 0 Å². The van der Waals surface area contributed by atoms with Crippen LogP contribution in [0.4, 0.5) is 0 Å². The molecule has 138 valence electrons. The largest absolute Gasteiger partial charge is 0.457 e. The van der Waals surface area contributed by atoms with Crippen LogP contribution in [0.25, 0.3) is 0 Å². The Labute approximate surface area is 154 Å². The summed E-state index contributed by atoms with van der Waals surface area (Å²) in [7, 11) is 0. The second kappa shape index (κ2) is 10.2. The van der Waals surface area contributed by atoms with E-state index < -0.39 is 11.9 Å². The van der Waals surface area contributed by atoms with Crippen molar-refractivity contribution in [3.05, 3.63) is 60.2 Å². The van der Waals surface area contributed by atoms with E-state index in [0.29, 0.717) is 18.6 Å². The molecule has 0 saturated carbocycles. The van der Waals surface area contributed by atoms with Crippen molar-refractivity contribution < 1.29 is 19.2 Å². The molecule has 0 bridgehead atoms. The lowest BCUT2D eigenvalue weighted by atomic mass is 9.96. The zero-order valence-electron chi connectivity index (χ0n) is 15.2. The molecule has 5 heteroatoms. The highest BCUT2D eigenvalue weighted by atomic mass is 16.7. The van der Waals surface area contributed by atoms with Crippen LogP contribution in [0.3, 0.4) is 0 Å². The third-order valence-corrected chi connectivity index (χ3v) is 3.96. The summed E-state index contributed by atoms with van der Waals surface area (Å²) in [5.41, 5.74) is 3.09. The molecule has 0 fully saturated rings. The first-order chi connectivity index (χ1) is 12.6. The maximum Gasteiger partial charge on any atom is 0.332 e. The summed E-state index contributed by atoms with van der Waals surface area (Å²) in [5, 5.41) is 0. The van der Waals surface area contributed by atoms with Crippen molar-refractivity contribution in [1.29, 1.82) is 0 Å². The molecule has 2 rings (SSSR count). The Morgan fingerprint density at radius 2 is 1.73 bits per heavy atom. The summed E-state index contributed by atoms with van der Waals surface area (Å²) in [4.78, 5) is 28.8. The van der Waals surface area contributed by atoms with Crippen LogP contribution in [0.2, 0.25) is 0 Å². The van der Waals surface area contributed by atoms with Gasteiger partial charge in [-0.3, -0.25) is 4.79 Å². The summed E-state index contributed by atoms with van der Waals surface area (Å²) in [6.45, 7) is 3.90. The van der Waals surface area contributed by atoms with Gasteiger partial charge in [0.05, 0.1) is 5.92 Å². The first-order valence-corrected chi connectivity index (χ1v) is 8.96. The standard InChI is InChI=1S/C21H25NO4/c1-3-5-14-20(23)26-22-21(24)19(4-2)16-10-9-13-18(15-16)25-17-11-7-6-8-12-17/h6-13,15,19H,3-5,14H2,1-2H3,(H,22,24). The summed E-state index contributed by atoms with van der Waals surface area (Å²) in [6, 6.07) is 16.8. The molecule has 0 aliphatic carbocycles. The first kappa shape index (κ1) is 19.5. The summed E-state index contributed by atoms with van der Waals surface area (Å²) in [5.74, 6) is 0.200. The molecule has 0 aliphatic rings. The van der Waals surface area contributed by atoms with Crippen molar-refractivity contribution in [1.82, 2.24) is 5.48 Å². The van der Waals surface area contributed by atoms with Crippen molar-refractivity contribution in [2.45, 2.75) is 45.4 Å². The molecular weight excluding hydrogens is 330 g/mol. The summed E-state index contributed by atoms with van der Waals surface area (Å²) < 4.78 is 5.82. The number of benzene rings is 2. The molecule has 0 aromatic heterocycles. The highest BCUT2D eigenvalue weighted by molar-refractivity contribution is 5.84. The van der Waals surface area contributed by atoms with Gasteiger partial charge in [0, 0.05) is 6.42 Å². The average Bonchev–Trinajstić information content (AvgIpc) is 2.66. The van der Waals surface area contributed by atoms with Gasteiger partial charge >= 0.3 is 5.97 Å². The van der Waals surface area contributed by atoms with Crippen molar-refractivity contribution in [2.24, 2.45) is 0 Å². The van der Waals surface area contributed by atoms with E-state index in [1.165, 1.54) is 0 Å². The molecule has 0 heterocycles. The molecule has 0 radical (unpaired) electrons. The molecule has 1 N–H and O–H groups in total. The van der Waals surface area contributed by atoms with E-state index in [0.717, 1.165) is 24.2 Å². The topological polar surface area (TPSA) is 64.6 Å². The fourth-order valence-corrected chi connectivity index (χ4v) is 2.54. The van der Waals surface area contributed by atoms with Crippen LogP contribution in [0.15, 0.2) is 54.6 Å². The Hall–Kier alpha value is -2.82. The molecule has 1 unspecified atom stereocenters. The van der Waals surface area contributed by atoms with Crippen molar-refractivity contribution >= 4 is 11.9 Å². The normalized spacial score (nSPS) is 11.5. The number of rotatable bonds is 8. The molecule has 0 spiro atoms. The number of hydroxylamine groups is 1. The van der Waals surface area contributed by atoms with Crippen molar-refractivity contribution in [3.8, 4) is 11.5 Å². The average molecular weight is 355 g/mol. The quantitative estimate of drug-likeness (QED) is 0.695. The number of ether oxygens (including phenoxy) is 1. The monoisotopic (exact) mass is 355 g/mol. The van der Waals surface area contributed by atoms with E-state index >= 15 is 0 Å². The molecular formula is C21H25NO4. The number of carbonyl (C=O) groups is 2. The molecule has 26 heavy (non-hydrogen) atoms. The van der Waals surface area contributed by atoms with Gasteiger partial charge < -0.3 is 9.57 Å². The van der Waals surface area contributed by atoms with Crippen LogP contribution in [0.5, 0.6) is 11.5 Å². The van der Waals surface area contributed by atoms with Crippen LogP contribution in [-0.4, -0.2) is 11.9 Å². The number of unbranched alkanes of at least 4 members (excludes halogenated alkanes) is 1. The highest BCUT2D eigenvalue weighted by Gasteiger charge is 2.20. The molecule has 2 aromatic rings. The van der Waals surface area contributed by atoms with Crippen LogP contribution < -0.4 is 10.2 Å². The van der Waals surface area contributed by atoms with Crippen molar-refractivity contribution in [2.75, 3.05) is 0 Å². The highest BCUT2D eigenvalue weighted by Crippen LogP contribution is 2.27. The Balaban J connectivity index is 2.01. The fraction of sp³-hybridized carbons (Fsp3) is 0.333. The number of amides is 1. The predicted octanol–water partition coefficient (Wildman–Crippen LogP) is 4.74. The van der Waals surface area contributed by atoms with Gasteiger partial charge in [0.15, 0.2) is 0 Å². The van der Waals surface area contributed by atoms with Crippen molar-refractivity contribution in [3.63, 3.8) is 0 Å². The lowest BCUT2D eigenvalue weighted by molar-refractivity contribution is -0.159. The molecule has 1 amide bonds. The molecule has 2 aromatic carbocycles.